The largest absolute Gasteiger partial charge is 0.333 e. The fraction of sp³-hybridized carbons (Fsp3) is 0.435. The van der Waals surface area contributed by atoms with Gasteiger partial charge in [0.25, 0.3) is 5.91 Å². The molecule has 0 saturated carbocycles. The predicted molar refractivity (Wildman–Crippen MR) is 118 cm³/mol. The average Bonchev–Trinajstić information content (AvgIpc) is 2.72. The highest BCUT2D eigenvalue weighted by atomic mass is 32.2. The third kappa shape index (κ3) is 5.68. The van der Waals surface area contributed by atoms with E-state index < -0.39 is 10.0 Å². The van der Waals surface area contributed by atoms with Gasteiger partial charge in [-0.1, -0.05) is 44.2 Å². The van der Waals surface area contributed by atoms with Crippen LogP contribution < -0.4 is 10.6 Å². The monoisotopic (exact) mass is 430 g/mol. The number of carbonyl (C=O) groups excluding carboxylic acids is 1. The molecule has 3 atom stereocenters. The second kappa shape index (κ2) is 9.73. The second-order valence-electron chi connectivity index (χ2n) is 8.48. The number of piperidine rings is 1. The zero-order chi connectivity index (χ0) is 21.7. The molecule has 0 radical (unpaired) electrons. The zero-order valence-electron chi connectivity index (χ0n) is 17.9. The fourth-order valence-electron chi connectivity index (χ4n) is 4.05. The summed E-state index contributed by atoms with van der Waals surface area (Å²) in [4.78, 5) is 12.6. The summed E-state index contributed by atoms with van der Waals surface area (Å²) in [5.74, 6) is 0.597. The zero-order valence-corrected chi connectivity index (χ0v) is 18.7. The van der Waals surface area contributed by atoms with Gasteiger partial charge in [0.2, 0.25) is 10.0 Å². The number of amides is 1. The first-order valence-electron chi connectivity index (χ1n) is 10.5. The van der Waals surface area contributed by atoms with E-state index in [0.717, 1.165) is 6.42 Å². The van der Waals surface area contributed by atoms with E-state index in [1.54, 1.807) is 28.6 Å². The van der Waals surface area contributed by atoms with E-state index in [0.29, 0.717) is 37.2 Å². The lowest BCUT2D eigenvalue weighted by molar-refractivity contribution is -0.682. The van der Waals surface area contributed by atoms with Gasteiger partial charge in [-0.25, -0.2) is 8.42 Å². The second-order valence-corrected chi connectivity index (χ2v) is 10.4. The van der Waals surface area contributed by atoms with Gasteiger partial charge in [-0.15, -0.1) is 0 Å². The Hall–Kier alpha value is -2.22. The number of quaternary nitrogens is 1. The van der Waals surface area contributed by atoms with Crippen LogP contribution in [0.3, 0.4) is 0 Å². The van der Waals surface area contributed by atoms with Crippen molar-refractivity contribution in [3.05, 3.63) is 60.2 Å². The molecule has 0 spiro atoms. The molecule has 3 N–H and O–H groups in total. The number of rotatable bonds is 7. The van der Waals surface area contributed by atoms with Crippen LogP contribution in [0.15, 0.2) is 59.5 Å². The van der Waals surface area contributed by atoms with Gasteiger partial charge in [-0.2, -0.15) is 4.31 Å². The van der Waals surface area contributed by atoms with Gasteiger partial charge in [0.05, 0.1) is 4.90 Å². The molecule has 1 aliphatic heterocycles. The molecule has 1 amide bonds. The van der Waals surface area contributed by atoms with Crippen molar-refractivity contribution >= 4 is 21.6 Å². The van der Waals surface area contributed by atoms with Crippen molar-refractivity contribution in [2.45, 2.75) is 38.1 Å². The lowest BCUT2D eigenvalue weighted by Crippen LogP contribution is -2.86. The molecule has 6 nitrogen and oxygen atoms in total. The van der Waals surface area contributed by atoms with Crippen LogP contribution in [0.5, 0.6) is 0 Å². The quantitative estimate of drug-likeness (QED) is 0.708. The fourth-order valence-corrected chi connectivity index (χ4v) is 5.73. The van der Waals surface area contributed by atoms with Gasteiger partial charge < -0.3 is 10.6 Å². The Kier molecular flexibility index (Phi) is 7.28. The van der Waals surface area contributed by atoms with Gasteiger partial charge in [0.15, 0.2) is 6.54 Å². The number of carbonyl (C=O) groups is 1. The molecule has 2 aromatic carbocycles. The molecule has 1 saturated heterocycles. The van der Waals surface area contributed by atoms with Crippen LogP contribution in [-0.2, 0) is 14.8 Å². The minimum absolute atomic E-state index is 0.118. The maximum Gasteiger partial charge on any atom is 0.279 e. The standard InChI is InChI=1S/C23H31N3O3S/c1-17-13-18(2)16-26(15-17)30(28,29)22-11-9-21(10-12-22)25-23(27)14-24-19(3)20-7-5-4-6-8-20/h4-12,17-19,24H,13-16H2,1-3H3,(H,25,27)/p+1/t17-,18+,19-/m0/s1. The first kappa shape index (κ1) is 22.5. The molecular formula is C23H32N3O3S+. The van der Waals surface area contributed by atoms with Crippen molar-refractivity contribution < 1.29 is 18.5 Å². The Bertz CT molecular complexity index is 935. The Balaban J connectivity index is 1.57. The smallest absolute Gasteiger partial charge is 0.279 e. The van der Waals surface area contributed by atoms with Crippen molar-refractivity contribution in [2.24, 2.45) is 11.8 Å². The lowest BCUT2D eigenvalue weighted by Gasteiger charge is -2.34. The summed E-state index contributed by atoms with van der Waals surface area (Å²) in [5, 5.41) is 4.82. The molecule has 0 aromatic heterocycles. The minimum atomic E-state index is -3.51. The Morgan fingerprint density at radius 2 is 1.67 bits per heavy atom. The lowest BCUT2D eigenvalue weighted by atomic mass is 9.94. The van der Waals surface area contributed by atoms with Gasteiger partial charge in [-0.05, 0) is 49.4 Å². The number of nitrogens with one attached hydrogen (secondary N) is 1. The van der Waals surface area contributed by atoms with Crippen molar-refractivity contribution in [3.63, 3.8) is 0 Å². The summed E-state index contributed by atoms with van der Waals surface area (Å²) < 4.78 is 27.5. The van der Waals surface area contributed by atoms with E-state index >= 15 is 0 Å². The number of anilines is 1. The van der Waals surface area contributed by atoms with Crippen LogP contribution in [0.2, 0.25) is 0 Å². The molecule has 7 heteroatoms. The maximum absolute atomic E-state index is 13.0. The number of benzene rings is 2. The summed E-state index contributed by atoms with van der Waals surface area (Å²) in [7, 11) is -3.51. The van der Waals surface area contributed by atoms with Crippen LogP contribution in [0, 0.1) is 11.8 Å². The highest BCUT2D eigenvalue weighted by molar-refractivity contribution is 7.89. The molecule has 1 aliphatic rings. The predicted octanol–water partition coefficient (Wildman–Crippen LogP) is 2.62. The molecule has 2 aromatic rings. The molecule has 0 aliphatic carbocycles. The Morgan fingerprint density at radius 1 is 1.07 bits per heavy atom. The van der Waals surface area contributed by atoms with Gasteiger partial charge in [0.1, 0.15) is 6.04 Å². The van der Waals surface area contributed by atoms with Crippen LogP contribution in [0.25, 0.3) is 0 Å². The van der Waals surface area contributed by atoms with E-state index in [2.05, 4.69) is 26.1 Å². The molecule has 1 heterocycles. The van der Waals surface area contributed by atoms with Gasteiger partial charge in [-0.3, -0.25) is 4.79 Å². The minimum Gasteiger partial charge on any atom is -0.333 e. The molecular weight excluding hydrogens is 398 g/mol. The van der Waals surface area contributed by atoms with E-state index in [4.69, 9.17) is 0 Å². The maximum atomic E-state index is 13.0. The molecule has 30 heavy (non-hydrogen) atoms. The van der Waals surface area contributed by atoms with E-state index in [9.17, 15) is 13.2 Å². The molecule has 1 fully saturated rings. The third-order valence-corrected chi connectivity index (χ3v) is 7.44. The highest BCUT2D eigenvalue weighted by Crippen LogP contribution is 2.27. The summed E-state index contributed by atoms with van der Waals surface area (Å²) in [5.41, 5.74) is 1.77. The topological polar surface area (TPSA) is 83.1 Å². The van der Waals surface area contributed by atoms with E-state index in [1.807, 2.05) is 35.6 Å². The van der Waals surface area contributed by atoms with Crippen molar-refractivity contribution in [2.75, 3.05) is 25.0 Å². The third-order valence-electron chi connectivity index (χ3n) is 5.59. The molecule has 0 bridgehead atoms. The number of nitrogens with two attached hydrogens (primary N) is 1. The first-order valence-corrected chi connectivity index (χ1v) is 12.0. The van der Waals surface area contributed by atoms with Crippen molar-refractivity contribution in [1.29, 1.82) is 0 Å². The normalized spacial score (nSPS) is 21.2. The van der Waals surface area contributed by atoms with Crippen LogP contribution in [-0.4, -0.2) is 38.3 Å². The summed E-state index contributed by atoms with van der Waals surface area (Å²) in [6.45, 7) is 7.64. The average molecular weight is 431 g/mol. The number of hydrogen-bond acceptors (Lipinski definition) is 3. The first-order chi connectivity index (χ1) is 14.3. The molecule has 0 unspecified atom stereocenters. The Morgan fingerprint density at radius 3 is 2.27 bits per heavy atom. The molecule has 3 rings (SSSR count). The summed E-state index contributed by atoms with van der Waals surface area (Å²) in [6.07, 6.45) is 1.05. The van der Waals surface area contributed by atoms with Crippen molar-refractivity contribution in [3.8, 4) is 0 Å². The number of nitrogens with zero attached hydrogens (tertiary/aromatic N) is 1. The van der Waals surface area contributed by atoms with E-state index in [-0.39, 0.29) is 16.8 Å². The Labute approximate surface area is 179 Å². The van der Waals surface area contributed by atoms with Gasteiger partial charge in [0, 0.05) is 24.3 Å². The van der Waals surface area contributed by atoms with E-state index in [1.165, 1.54) is 5.56 Å². The van der Waals surface area contributed by atoms with Crippen LogP contribution in [0.1, 0.15) is 38.8 Å². The van der Waals surface area contributed by atoms with Crippen LogP contribution >= 0.6 is 0 Å². The number of sulfonamides is 1. The summed E-state index contributed by atoms with van der Waals surface area (Å²) in [6, 6.07) is 16.7. The summed E-state index contributed by atoms with van der Waals surface area (Å²) >= 11 is 0. The van der Waals surface area contributed by atoms with Crippen molar-refractivity contribution in [1.82, 2.24) is 4.31 Å². The molecule has 162 valence electrons. The van der Waals surface area contributed by atoms with Gasteiger partial charge >= 0.3 is 0 Å². The number of hydrogen-bond donors (Lipinski definition) is 2. The SMILES string of the molecule is C[C@@H]1C[C@H](C)CN(S(=O)(=O)c2ccc(NC(=O)C[NH2+][C@@H](C)c3ccccc3)cc2)C1. The van der Waals surface area contributed by atoms with Crippen LogP contribution in [0.4, 0.5) is 5.69 Å². The highest BCUT2D eigenvalue weighted by Gasteiger charge is 2.31.